The molecule has 2 aliphatic rings. The van der Waals surface area contributed by atoms with Crippen LogP contribution in [-0.2, 0) is 6.42 Å². The zero-order valence-corrected chi connectivity index (χ0v) is 13.1. The first-order chi connectivity index (χ1) is 9.10. The molecule has 1 aliphatic carbocycles. The molecule has 2 fully saturated rings. The van der Waals surface area contributed by atoms with Gasteiger partial charge in [-0.2, -0.15) is 0 Å². The van der Waals surface area contributed by atoms with Crippen LogP contribution in [0.25, 0.3) is 0 Å². The molecule has 1 spiro atoms. The Kier molecular flexibility index (Phi) is 3.71. The molecule has 1 N–H and O–H groups in total. The second-order valence-electron chi connectivity index (χ2n) is 6.90. The van der Waals surface area contributed by atoms with Crippen molar-refractivity contribution in [3.05, 3.63) is 22.4 Å². The van der Waals surface area contributed by atoms with Crippen molar-refractivity contribution in [2.24, 2.45) is 0 Å². The fraction of sp³-hybridized carbons (Fsp3) is 0.750. The van der Waals surface area contributed by atoms with E-state index < -0.39 is 0 Å². The molecule has 0 radical (unpaired) electrons. The third kappa shape index (κ3) is 2.88. The highest BCUT2D eigenvalue weighted by molar-refractivity contribution is 7.09. The maximum absolute atomic E-state index is 3.87. The van der Waals surface area contributed by atoms with E-state index in [4.69, 9.17) is 0 Å². The SMILES string of the molecule is CC1(C)CNC2(CCCC2)CN1CCc1cccs1. The van der Waals surface area contributed by atoms with Crippen LogP contribution in [0.5, 0.6) is 0 Å². The van der Waals surface area contributed by atoms with Gasteiger partial charge in [-0.1, -0.05) is 18.9 Å². The van der Waals surface area contributed by atoms with Crippen LogP contribution in [0.15, 0.2) is 17.5 Å². The van der Waals surface area contributed by atoms with Crippen LogP contribution in [0.3, 0.4) is 0 Å². The van der Waals surface area contributed by atoms with Crippen molar-refractivity contribution in [3.8, 4) is 0 Å². The van der Waals surface area contributed by atoms with Crippen LogP contribution >= 0.6 is 11.3 Å². The first kappa shape index (κ1) is 13.6. The molecule has 0 unspecified atom stereocenters. The zero-order valence-electron chi connectivity index (χ0n) is 12.2. The largest absolute Gasteiger partial charge is 0.308 e. The first-order valence-electron chi connectivity index (χ1n) is 7.62. The van der Waals surface area contributed by atoms with Crippen molar-refractivity contribution < 1.29 is 0 Å². The summed E-state index contributed by atoms with van der Waals surface area (Å²) in [6.45, 7) is 8.35. The Morgan fingerprint density at radius 2 is 2.11 bits per heavy atom. The van der Waals surface area contributed by atoms with Crippen molar-refractivity contribution in [2.75, 3.05) is 19.6 Å². The number of hydrogen-bond donors (Lipinski definition) is 1. The molecule has 1 saturated heterocycles. The fourth-order valence-corrected chi connectivity index (χ4v) is 4.32. The van der Waals surface area contributed by atoms with E-state index in [0.717, 1.165) is 6.54 Å². The number of thiophene rings is 1. The maximum Gasteiger partial charge on any atom is 0.0309 e. The Bertz CT molecular complexity index is 404. The van der Waals surface area contributed by atoms with Gasteiger partial charge >= 0.3 is 0 Å². The third-order valence-corrected chi connectivity index (χ3v) is 5.95. The van der Waals surface area contributed by atoms with Crippen LogP contribution in [0.2, 0.25) is 0 Å². The van der Waals surface area contributed by atoms with Gasteiger partial charge in [0.2, 0.25) is 0 Å². The topological polar surface area (TPSA) is 15.3 Å². The Labute approximate surface area is 121 Å². The highest BCUT2D eigenvalue weighted by Gasteiger charge is 2.43. The van der Waals surface area contributed by atoms with Gasteiger partial charge in [-0.15, -0.1) is 11.3 Å². The number of hydrogen-bond acceptors (Lipinski definition) is 3. The highest BCUT2D eigenvalue weighted by Crippen LogP contribution is 2.35. The average Bonchev–Trinajstić information content (AvgIpc) is 3.03. The van der Waals surface area contributed by atoms with Gasteiger partial charge < -0.3 is 5.32 Å². The Morgan fingerprint density at radius 1 is 1.32 bits per heavy atom. The van der Waals surface area contributed by atoms with E-state index in [2.05, 4.69) is 41.6 Å². The van der Waals surface area contributed by atoms with E-state index in [9.17, 15) is 0 Å². The predicted octanol–water partition coefficient (Wildman–Crippen LogP) is 3.29. The molecule has 2 nitrogen and oxygen atoms in total. The van der Waals surface area contributed by atoms with Gasteiger partial charge in [-0.05, 0) is 44.6 Å². The van der Waals surface area contributed by atoms with E-state index >= 15 is 0 Å². The summed E-state index contributed by atoms with van der Waals surface area (Å²) in [4.78, 5) is 4.25. The fourth-order valence-electron chi connectivity index (χ4n) is 3.62. The van der Waals surface area contributed by atoms with Crippen molar-refractivity contribution in [1.29, 1.82) is 0 Å². The van der Waals surface area contributed by atoms with Crippen LogP contribution in [0.4, 0.5) is 0 Å². The maximum atomic E-state index is 3.87. The van der Waals surface area contributed by atoms with Gasteiger partial charge in [0.15, 0.2) is 0 Å². The Balaban J connectivity index is 1.65. The molecule has 19 heavy (non-hydrogen) atoms. The van der Waals surface area contributed by atoms with Gasteiger partial charge in [0.05, 0.1) is 0 Å². The molecule has 1 aliphatic heterocycles. The van der Waals surface area contributed by atoms with Crippen LogP contribution in [0.1, 0.15) is 44.4 Å². The molecule has 1 saturated carbocycles. The van der Waals surface area contributed by atoms with Gasteiger partial charge in [-0.25, -0.2) is 0 Å². The number of nitrogens with zero attached hydrogens (tertiary/aromatic N) is 1. The van der Waals surface area contributed by atoms with Gasteiger partial charge in [-0.3, -0.25) is 4.90 Å². The molecular formula is C16H26N2S. The molecule has 1 aromatic rings. The molecule has 106 valence electrons. The van der Waals surface area contributed by atoms with Gasteiger partial charge in [0.1, 0.15) is 0 Å². The molecule has 1 aromatic heterocycles. The quantitative estimate of drug-likeness (QED) is 0.913. The number of nitrogens with one attached hydrogen (secondary N) is 1. The van der Waals surface area contributed by atoms with E-state index in [1.807, 2.05) is 11.3 Å². The summed E-state index contributed by atoms with van der Waals surface area (Å²) in [5.74, 6) is 0. The van der Waals surface area contributed by atoms with Crippen molar-refractivity contribution >= 4 is 11.3 Å². The summed E-state index contributed by atoms with van der Waals surface area (Å²) in [5, 5.41) is 6.06. The van der Waals surface area contributed by atoms with Gasteiger partial charge in [0.25, 0.3) is 0 Å². The smallest absolute Gasteiger partial charge is 0.0309 e. The van der Waals surface area contributed by atoms with Crippen LogP contribution in [-0.4, -0.2) is 35.6 Å². The molecular weight excluding hydrogens is 252 g/mol. The van der Waals surface area contributed by atoms with Crippen molar-refractivity contribution in [1.82, 2.24) is 10.2 Å². The van der Waals surface area contributed by atoms with Crippen LogP contribution in [0, 0.1) is 0 Å². The second kappa shape index (κ2) is 5.19. The average molecular weight is 278 g/mol. The van der Waals surface area contributed by atoms with Crippen molar-refractivity contribution in [3.63, 3.8) is 0 Å². The molecule has 0 atom stereocenters. The lowest BCUT2D eigenvalue weighted by Gasteiger charge is -2.51. The standard InChI is InChI=1S/C16H26N2S/c1-15(2)12-17-16(8-3-4-9-16)13-18(15)10-7-14-6-5-11-19-14/h5-6,11,17H,3-4,7-10,12-13H2,1-2H3. The Morgan fingerprint density at radius 3 is 2.79 bits per heavy atom. The van der Waals surface area contributed by atoms with E-state index in [-0.39, 0.29) is 0 Å². The molecule has 2 heterocycles. The zero-order chi connectivity index (χ0) is 13.3. The number of rotatable bonds is 3. The molecule has 3 heteroatoms. The van der Waals surface area contributed by atoms with E-state index in [1.165, 1.54) is 50.1 Å². The van der Waals surface area contributed by atoms with Crippen LogP contribution < -0.4 is 5.32 Å². The summed E-state index contributed by atoms with van der Waals surface area (Å²) in [6.07, 6.45) is 6.77. The lowest BCUT2D eigenvalue weighted by molar-refractivity contribution is 0.0295. The minimum absolute atomic E-state index is 0.297. The highest BCUT2D eigenvalue weighted by atomic mass is 32.1. The van der Waals surface area contributed by atoms with Crippen molar-refractivity contribution in [2.45, 2.75) is 57.0 Å². The monoisotopic (exact) mass is 278 g/mol. The third-order valence-electron chi connectivity index (χ3n) is 5.01. The second-order valence-corrected chi connectivity index (χ2v) is 7.94. The minimum atomic E-state index is 0.297. The minimum Gasteiger partial charge on any atom is -0.308 e. The summed E-state index contributed by atoms with van der Waals surface area (Å²) < 4.78 is 0. The molecule has 0 bridgehead atoms. The summed E-state index contributed by atoms with van der Waals surface area (Å²) in [5.41, 5.74) is 0.732. The first-order valence-corrected chi connectivity index (χ1v) is 8.50. The predicted molar refractivity (Wildman–Crippen MR) is 82.9 cm³/mol. The molecule has 3 rings (SSSR count). The molecule has 0 amide bonds. The van der Waals surface area contributed by atoms with Gasteiger partial charge in [0, 0.05) is 35.6 Å². The number of piperazine rings is 1. The van der Waals surface area contributed by atoms with E-state index in [0.29, 0.717) is 11.1 Å². The summed E-state index contributed by atoms with van der Waals surface area (Å²) in [6, 6.07) is 4.44. The summed E-state index contributed by atoms with van der Waals surface area (Å²) >= 11 is 1.89. The lowest BCUT2D eigenvalue weighted by atomic mass is 9.87. The normalized spacial score (nSPS) is 26.0. The summed E-state index contributed by atoms with van der Waals surface area (Å²) in [7, 11) is 0. The Hall–Kier alpha value is -0.380. The molecule has 0 aromatic carbocycles. The van der Waals surface area contributed by atoms with E-state index in [1.54, 1.807) is 0 Å². The lowest BCUT2D eigenvalue weighted by Crippen LogP contribution is -2.67.